The molecule has 0 unspecified atom stereocenters. The summed E-state index contributed by atoms with van der Waals surface area (Å²) in [5.74, 6) is -0.327. The SMILES string of the molecule is CCOCC(=O)OCCn1ccnc1. The number of rotatable bonds is 6. The summed E-state index contributed by atoms with van der Waals surface area (Å²) in [6.45, 7) is 3.36. The third-order valence-electron chi connectivity index (χ3n) is 1.60. The summed E-state index contributed by atoms with van der Waals surface area (Å²) in [5.41, 5.74) is 0. The number of carbonyl (C=O) groups is 1. The van der Waals surface area contributed by atoms with Crippen LogP contribution in [0.25, 0.3) is 0 Å². The van der Waals surface area contributed by atoms with Gasteiger partial charge in [-0.25, -0.2) is 9.78 Å². The Labute approximate surface area is 82.6 Å². The monoisotopic (exact) mass is 198 g/mol. The molecule has 0 aromatic carbocycles. The minimum Gasteiger partial charge on any atom is -0.462 e. The van der Waals surface area contributed by atoms with Crippen molar-refractivity contribution >= 4 is 5.97 Å². The van der Waals surface area contributed by atoms with Crippen LogP contribution in [-0.4, -0.2) is 35.3 Å². The largest absolute Gasteiger partial charge is 0.462 e. The first kappa shape index (κ1) is 10.7. The Bertz CT molecular complexity index is 259. The van der Waals surface area contributed by atoms with E-state index in [1.54, 1.807) is 12.5 Å². The molecule has 0 N–H and O–H groups in total. The summed E-state index contributed by atoms with van der Waals surface area (Å²) in [5, 5.41) is 0. The Morgan fingerprint density at radius 1 is 1.57 bits per heavy atom. The van der Waals surface area contributed by atoms with E-state index in [4.69, 9.17) is 9.47 Å². The van der Waals surface area contributed by atoms with E-state index in [1.165, 1.54) is 0 Å². The van der Waals surface area contributed by atoms with Crippen LogP contribution in [0.15, 0.2) is 18.7 Å². The van der Waals surface area contributed by atoms with Gasteiger partial charge in [0.15, 0.2) is 0 Å². The van der Waals surface area contributed by atoms with Crippen LogP contribution in [0.4, 0.5) is 0 Å². The molecule has 14 heavy (non-hydrogen) atoms. The van der Waals surface area contributed by atoms with Gasteiger partial charge in [0.05, 0.1) is 12.9 Å². The number of imidazole rings is 1. The molecule has 78 valence electrons. The van der Waals surface area contributed by atoms with Crippen molar-refractivity contribution in [3.8, 4) is 0 Å². The van der Waals surface area contributed by atoms with Gasteiger partial charge in [-0.05, 0) is 6.92 Å². The van der Waals surface area contributed by atoms with Crippen LogP contribution in [0.5, 0.6) is 0 Å². The fraction of sp³-hybridized carbons (Fsp3) is 0.556. The highest BCUT2D eigenvalue weighted by atomic mass is 16.6. The maximum absolute atomic E-state index is 11.0. The highest BCUT2D eigenvalue weighted by molar-refractivity contribution is 5.70. The molecule has 1 aromatic rings. The number of hydrogen-bond acceptors (Lipinski definition) is 4. The lowest BCUT2D eigenvalue weighted by atomic mass is 10.6. The van der Waals surface area contributed by atoms with Crippen molar-refractivity contribution < 1.29 is 14.3 Å². The van der Waals surface area contributed by atoms with Gasteiger partial charge in [-0.3, -0.25) is 0 Å². The van der Waals surface area contributed by atoms with Crippen molar-refractivity contribution in [2.75, 3.05) is 19.8 Å². The Hall–Kier alpha value is -1.36. The molecule has 0 aliphatic carbocycles. The number of esters is 1. The zero-order valence-electron chi connectivity index (χ0n) is 8.18. The van der Waals surface area contributed by atoms with Crippen molar-refractivity contribution in [1.82, 2.24) is 9.55 Å². The van der Waals surface area contributed by atoms with Gasteiger partial charge in [-0.2, -0.15) is 0 Å². The predicted octanol–water partition coefficient (Wildman–Crippen LogP) is 0.463. The number of hydrogen-bond donors (Lipinski definition) is 0. The first-order valence-corrected chi connectivity index (χ1v) is 4.52. The minimum atomic E-state index is -0.327. The van der Waals surface area contributed by atoms with E-state index in [2.05, 4.69) is 4.98 Å². The average Bonchev–Trinajstić information content (AvgIpc) is 2.67. The highest BCUT2D eigenvalue weighted by Gasteiger charge is 2.01. The van der Waals surface area contributed by atoms with Crippen molar-refractivity contribution in [3.05, 3.63) is 18.7 Å². The first-order valence-electron chi connectivity index (χ1n) is 4.52. The Balaban J connectivity index is 2.06. The fourth-order valence-corrected chi connectivity index (χ4v) is 0.911. The van der Waals surface area contributed by atoms with E-state index >= 15 is 0 Å². The molecule has 0 spiro atoms. The topological polar surface area (TPSA) is 53.4 Å². The molecule has 0 atom stereocenters. The predicted molar refractivity (Wildman–Crippen MR) is 49.7 cm³/mol. The summed E-state index contributed by atoms with van der Waals surface area (Å²) in [6, 6.07) is 0. The van der Waals surface area contributed by atoms with Gasteiger partial charge in [-0.15, -0.1) is 0 Å². The highest BCUT2D eigenvalue weighted by Crippen LogP contribution is 1.88. The molecule has 5 heteroatoms. The summed E-state index contributed by atoms with van der Waals surface area (Å²) in [7, 11) is 0. The van der Waals surface area contributed by atoms with Crippen LogP contribution < -0.4 is 0 Å². The molecule has 1 aromatic heterocycles. The number of ether oxygens (including phenoxy) is 2. The minimum absolute atomic E-state index is 0.0282. The van der Waals surface area contributed by atoms with E-state index < -0.39 is 0 Å². The number of carbonyl (C=O) groups excluding carboxylic acids is 1. The first-order chi connectivity index (χ1) is 6.83. The van der Waals surface area contributed by atoms with Gasteiger partial charge in [0.25, 0.3) is 0 Å². The van der Waals surface area contributed by atoms with Gasteiger partial charge in [0.2, 0.25) is 0 Å². The quantitative estimate of drug-likeness (QED) is 0.623. The lowest BCUT2D eigenvalue weighted by Gasteiger charge is -2.04. The summed E-state index contributed by atoms with van der Waals surface area (Å²) >= 11 is 0. The van der Waals surface area contributed by atoms with Crippen LogP contribution in [-0.2, 0) is 20.8 Å². The van der Waals surface area contributed by atoms with Gasteiger partial charge in [0.1, 0.15) is 13.2 Å². The van der Waals surface area contributed by atoms with Crippen molar-refractivity contribution in [2.24, 2.45) is 0 Å². The van der Waals surface area contributed by atoms with Gasteiger partial charge >= 0.3 is 5.97 Å². The second-order valence-corrected chi connectivity index (χ2v) is 2.66. The van der Waals surface area contributed by atoms with Crippen molar-refractivity contribution in [1.29, 1.82) is 0 Å². The summed E-state index contributed by atoms with van der Waals surface area (Å²) < 4.78 is 11.6. The molecule has 1 heterocycles. The Morgan fingerprint density at radius 3 is 3.07 bits per heavy atom. The van der Waals surface area contributed by atoms with Crippen molar-refractivity contribution in [3.63, 3.8) is 0 Å². The Kier molecular flexibility index (Phi) is 4.71. The van der Waals surface area contributed by atoms with E-state index in [0.717, 1.165) is 0 Å². The van der Waals surface area contributed by atoms with Crippen LogP contribution in [0.3, 0.4) is 0 Å². The molecule has 5 nitrogen and oxygen atoms in total. The van der Waals surface area contributed by atoms with Gasteiger partial charge in [-0.1, -0.05) is 0 Å². The number of aromatic nitrogens is 2. The third-order valence-corrected chi connectivity index (χ3v) is 1.60. The normalized spacial score (nSPS) is 10.1. The zero-order valence-corrected chi connectivity index (χ0v) is 8.18. The molecule has 0 aliphatic heterocycles. The molecule has 0 radical (unpaired) electrons. The summed E-state index contributed by atoms with van der Waals surface area (Å²) in [6.07, 6.45) is 5.18. The van der Waals surface area contributed by atoms with E-state index in [-0.39, 0.29) is 12.6 Å². The maximum atomic E-state index is 11.0. The molecule has 0 bridgehead atoms. The molecular weight excluding hydrogens is 184 g/mol. The van der Waals surface area contributed by atoms with Gasteiger partial charge in [0, 0.05) is 19.0 Å². The van der Waals surface area contributed by atoms with E-state index in [9.17, 15) is 4.79 Å². The molecule has 0 fully saturated rings. The lowest BCUT2D eigenvalue weighted by molar-refractivity contribution is -0.149. The molecule has 1 rings (SSSR count). The number of nitrogens with zero attached hydrogens (tertiary/aromatic N) is 2. The average molecular weight is 198 g/mol. The van der Waals surface area contributed by atoms with E-state index in [1.807, 2.05) is 17.7 Å². The second kappa shape index (κ2) is 6.15. The lowest BCUT2D eigenvalue weighted by Crippen LogP contribution is -2.15. The zero-order chi connectivity index (χ0) is 10.2. The Morgan fingerprint density at radius 2 is 2.43 bits per heavy atom. The maximum Gasteiger partial charge on any atom is 0.332 e. The van der Waals surface area contributed by atoms with Crippen LogP contribution in [0.1, 0.15) is 6.92 Å². The third kappa shape index (κ3) is 4.04. The van der Waals surface area contributed by atoms with Crippen LogP contribution in [0, 0.1) is 0 Å². The van der Waals surface area contributed by atoms with Gasteiger partial charge < -0.3 is 14.0 Å². The van der Waals surface area contributed by atoms with Crippen LogP contribution in [0.2, 0.25) is 0 Å². The molecule has 0 saturated heterocycles. The second-order valence-electron chi connectivity index (χ2n) is 2.66. The van der Waals surface area contributed by atoms with Crippen LogP contribution >= 0.6 is 0 Å². The standard InChI is InChI=1S/C9H14N2O3/c1-2-13-7-9(12)14-6-5-11-4-3-10-8-11/h3-4,8H,2,5-7H2,1H3. The van der Waals surface area contributed by atoms with E-state index in [0.29, 0.717) is 19.8 Å². The molecule has 0 aliphatic rings. The van der Waals surface area contributed by atoms with Crippen molar-refractivity contribution in [2.45, 2.75) is 13.5 Å². The summed E-state index contributed by atoms with van der Waals surface area (Å²) in [4.78, 5) is 14.8. The molecule has 0 amide bonds. The fourth-order valence-electron chi connectivity index (χ4n) is 0.911. The molecular formula is C9H14N2O3. The smallest absolute Gasteiger partial charge is 0.332 e. The molecule has 0 saturated carbocycles.